The lowest BCUT2D eigenvalue weighted by Gasteiger charge is -2.22. The van der Waals surface area contributed by atoms with Gasteiger partial charge in [-0.05, 0) is 31.5 Å². The minimum absolute atomic E-state index is 0.197. The first-order valence-corrected chi connectivity index (χ1v) is 7.04. The van der Waals surface area contributed by atoms with Crippen molar-refractivity contribution in [3.63, 3.8) is 0 Å². The highest BCUT2D eigenvalue weighted by Gasteiger charge is 2.43. The molecule has 3 atom stereocenters. The van der Waals surface area contributed by atoms with Gasteiger partial charge in [-0.2, -0.15) is 0 Å². The predicted molar refractivity (Wildman–Crippen MR) is 81.9 cm³/mol. The number of urea groups is 1. The molecular weight excluding hydrogens is 284 g/mol. The molecule has 1 aliphatic heterocycles. The fraction of sp³-hybridized carbons (Fsp3) is 0.400. The molecule has 1 saturated heterocycles. The maximum absolute atomic E-state index is 12.0. The molecule has 1 heterocycles. The van der Waals surface area contributed by atoms with Gasteiger partial charge in [0, 0.05) is 11.7 Å². The largest absolute Gasteiger partial charge is 0.327 e. The molecule has 1 aromatic rings. The summed E-state index contributed by atoms with van der Waals surface area (Å²) in [6.07, 6.45) is 0. The minimum Gasteiger partial charge on any atom is -0.327 e. The number of benzene rings is 1. The molecule has 0 bridgehead atoms. The maximum atomic E-state index is 12.0. The van der Waals surface area contributed by atoms with E-state index in [2.05, 4.69) is 16.0 Å². The van der Waals surface area contributed by atoms with E-state index in [4.69, 9.17) is 5.73 Å². The fourth-order valence-corrected chi connectivity index (χ4v) is 2.15. The molecule has 22 heavy (non-hydrogen) atoms. The quantitative estimate of drug-likeness (QED) is 0.612. The topological polar surface area (TPSA) is 113 Å². The highest BCUT2D eigenvalue weighted by Crippen LogP contribution is 2.26. The summed E-state index contributed by atoms with van der Waals surface area (Å²) in [6.45, 7) is 5.12. The van der Waals surface area contributed by atoms with Crippen molar-refractivity contribution in [3.8, 4) is 0 Å². The molecular formula is C15H20N4O3. The molecule has 2 rings (SSSR count). The van der Waals surface area contributed by atoms with Crippen LogP contribution in [-0.2, 0) is 15.1 Å². The van der Waals surface area contributed by atoms with Crippen LogP contribution >= 0.6 is 0 Å². The Morgan fingerprint density at radius 1 is 1.32 bits per heavy atom. The van der Waals surface area contributed by atoms with Crippen LogP contribution in [0.2, 0.25) is 0 Å². The Morgan fingerprint density at radius 2 is 2.00 bits per heavy atom. The predicted octanol–water partition coefficient (Wildman–Crippen LogP) is 0.663. The second-order valence-electron chi connectivity index (χ2n) is 5.75. The number of imide groups is 1. The average Bonchev–Trinajstić information content (AvgIpc) is 2.72. The molecule has 118 valence electrons. The second kappa shape index (κ2) is 5.76. The molecule has 0 spiro atoms. The summed E-state index contributed by atoms with van der Waals surface area (Å²) < 4.78 is 0. The molecule has 0 saturated carbocycles. The Bertz CT molecular complexity index is 629. The second-order valence-corrected chi connectivity index (χ2v) is 5.75. The van der Waals surface area contributed by atoms with Crippen LogP contribution in [0.4, 0.5) is 10.5 Å². The number of nitrogens with one attached hydrogen (secondary N) is 3. The molecule has 1 fully saturated rings. The van der Waals surface area contributed by atoms with Crippen molar-refractivity contribution in [1.82, 2.24) is 10.6 Å². The fourth-order valence-electron chi connectivity index (χ4n) is 2.15. The molecule has 0 aliphatic carbocycles. The lowest BCUT2D eigenvalue weighted by molar-refractivity contribution is -0.123. The van der Waals surface area contributed by atoms with Gasteiger partial charge in [0.15, 0.2) is 0 Å². The summed E-state index contributed by atoms with van der Waals surface area (Å²) in [4.78, 5) is 35.3. The number of carbonyl (C=O) groups excluding carboxylic acids is 3. The van der Waals surface area contributed by atoms with E-state index in [1.807, 2.05) is 0 Å². The zero-order valence-electron chi connectivity index (χ0n) is 12.8. The van der Waals surface area contributed by atoms with Crippen LogP contribution in [0.5, 0.6) is 0 Å². The summed E-state index contributed by atoms with van der Waals surface area (Å²) in [6, 6.07) is 6.01. The maximum Gasteiger partial charge on any atom is 0.322 e. The van der Waals surface area contributed by atoms with Crippen LogP contribution in [0.25, 0.3) is 0 Å². The van der Waals surface area contributed by atoms with Gasteiger partial charge in [-0.1, -0.05) is 19.1 Å². The number of amides is 4. The zero-order valence-corrected chi connectivity index (χ0v) is 12.8. The molecule has 3 unspecified atom stereocenters. The van der Waals surface area contributed by atoms with E-state index < -0.39 is 17.5 Å². The summed E-state index contributed by atoms with van der Waals surface area (Å²) in [5.41, 5.74) is 5.70. The van der Waals surface area contributed by atoms with Gasteiger partial charge in [0.2, 0.25) is 5.91 Å². The Balaban J connectivity index is 2.22. The first kappa shape index (κ1) is 16.0. The van der Waals surface area contributed by atoms with Crippen LogP contribution in [-0.4, -0.2) is 23.9 Å². The van der Waals surface area contributed by atoms with E-state index in [1.54, 1.807) is 45.0 Å². The Labute approximate surface area is 128 Å². The Morgan fingerprint density at radius 3 is 2.55 bits per heavy atom. The van der Waals surface area contributed by atoms with E-state index in [-0.39, 0.29) is 17.9 Å². The SMILES string of the molecule is CC(N)C(C)C(=O)Nc1cccc(C2(C)NC(=O)NC2=O)c1. The van der Waals surface area contributed by atoms with Gasteiger partial charge in [0.1, 0.15) is 5.54 Å². The van der Waals surface area contributed by atoms with Crippen LogP contribution in [0.15, 0.2) is 24.3 Å². The van der Waals surface area contributed by atoms with Gasteiger partial charge >= 0.3 is 6.03 Å². The average molecular weight is 304 g/mol. The van der Waals surface area contributed by atoms with Crippen LogP contribution < -0.4 is 21.7 Å². The molecule has 5 N–H and O–H groups in total. The summed E-state index contributed by atoms with van der Waals surface area (Å²) in [5, 5.41) is 7.56. The van der Waals surface area contributed by atoms with E-state index in [1.165, 1.54) is 0 Å². The highest BCUT2D eigenvalue weighted by molar-refractivity contribution is 6.07. The van der Waals surface area contributed by atoms with Gasteiger partial charge in [-0.15, -0.1) is 0 Å². The van der Waals surface area contributed by atoms with Gasteiger partial charge in [0.05, 0.1) is 5.92 Å². The van der Waals surface area contributed by atoms with Crippen molar-refractivity contribution >= 4 is 23.5 Å². The van der Waals surface area contributed by atoms with E-state index in [0.717, 1.165) is 0 Å². The van der Waals surface area contributed by atoms with Gasteiger partial charge in [-0.25, -0.2) is 4.79 Å². The van der Waals surface area contributed by atoms with Crippen molar-refractivity contribution in [2.45, 2.75) is 32.4 Å². The molecule has 1 aromatic carbocycles. The van der Waals surface area contributed by atoms with Crippen LogP contribution in [0.3, 0.4) is 0 Å². The van der Waals surface area contributed by atoms with E-state index in [0.29, 0.717) is 11.3 Å². The van der Waals surface area contributed by atoms with Crippen LogP contribution in [0, 0.1) is 5.92 Å². The van der Waals surface area contributed by atoms with Crippen molar-refractivity contribution in [1.29, 1.82) is 0 Å². The summed E-state index contributed by atoms with van der Waals surface area (Å²) in [7, 11) is 0. The first-order valence-electron chi connectivity index (χ1n) is 7.04. The third kappa shape index (κ3) is 2.94. The number of rotatable bonds is 4. The van der Waals surface area contributed by atoms with E-state index >= 15 is 0 Å². The number of nitrogens with two attached hydrogens (primary N) is 1. The van der Waals surface area contributed by atoms with Gasteiger partial charge in [-0.3, -0.25) is 14.9 Å². The minimum atomic E-state index is -1.15. The van der Waals surface area contributed by atoms with Crippen molar-refractivity contribution in [3.05, 3.63) is 29.8 Å². The zero-order chi connectivity index (χ0) is 16.5. The van der Waals surface area contributed by atoms with Crippen molar-refractivity contribution in [2.24, 2.45) is 11.7 Å². The third-order valence-corrected chi connectivity index (χ3v) is 3.95. The first-order chi connectivity index (χ1) is 10.2. The number of hydrogen-bond donors (Lipinski definition) is 4. The standard InChI is InChI=1S/C15H20N4O3/c1-8(9(2)16)12(20)17-11-6-4-5-10(7-11)15(3)13(21)18-14(22)19-15/h4-9H,16H2,1-3H3,(H,17,20)(H2,18,19,21,22). The van der Waals surface area contributed by atoms with Gasteiger partial charge < -0.3 is 16.4 Å². The number of hydrogen-bond acceptors (Lipinski definition) is 4. The van der Waals surface area contributed by atoms with E-state index in [9.17, 15) is 14.4 Å². The smallest absolute Gasteiger partial charge is 0.322 e. The molecule has 7 heteroatoms. The lowest BCUT2D eigenvalue weighted by atomic mass is 9.92. The van der Waals surface area contributed by atoms with Crippen LogP contribution in [0.1, 0.15) is 26.3 Å². The van der Waals surface area contributed by atoms with Gasteiger partial charge in [0.25, 0.3) is 5.91 Å². The molecule has 1 aliphatic rings. The lowest BCUT2D eigenvalue weighted by Crippen LogP contribution is -2.40. The Kier molecular flexibility index (Phi) is 4.18. The number of anilines is 1. The Hall–Kier alpha value is -2.41. The molecule has 0 aromatic heterocycles. The molecule has 7 nitrogen and oxygen atoms in total. The summed E-state index contributed by atoms with van der Waals surface area (Å²) in [5.74, 6) is -0.962. The van der Waals surface area contributed by atoms with Crippen molar-refractivity contribution < 1.29 is 14.4 Å². The molecule has 4 amide bonds. The highest BCUT2D eigenvalue weighted by atomic mass is 16.2. The molecule has 0 radical (unpaired) electrons. The monoisotopic (exact) mass is 304 g/mol. The number of carbonyl (C=O) groups is 3. The normalized spacial score (nSPS) is 23.5. The summed E-state index contributed by atoms with van der Waals surface area (Å²) >= 11 is 0. The third-order valence-electron chi connectivity index (χ3n) is 3.95. The van der Waals surface area contributed by atoms with Crippen molar-refractivity contribution in [2.75, 3.05) is 5.32 Å².